The standard InChI is InChI=1S/C27H23F3N2O/c1-2-13-33-22-16-31-26(32-17-22)12-6-18-4-10-23-21(14-18)9-8-20(27(23)30)7-3-19-5-11-24(28)25(29)15-19/h2,4-5,8-11,14-17H,1,3,6-7,12-13H2. The van der Waals surface area contributed by atoms with Gasteiger partial charge in [0.2, 0.25) is 0 Å². The van der Waals surface area contributed by atoms with Crippen molar-refractivity contribution in [3.8, 4) is 5.75 Å². The Morgan fingerprint density at radius 2 is 1.52 bits per heavy atom. The van der Waals surface area contributed by atoms with Crippen LogP contribution >= 0.6 is 0 Å². The van der Waals surface area contributed by atoms with Gasteiger partial charge in [0.05, 0.1) is 12.4 Å². The van der Waals surface area contributed by atoms with Crippen molar-refractivity contribution < 1.29 is 17.9 Å². The summed E-state index contributed by atoms with van der Waals surface area (Å²) in [4.78, 5) is 8.63. The SMILES string of the molecule is C=CCOc1cnc(CCc2ccc3c(F)c(CCc4ccc(F)c(F)c4)ccc3c2)nc1. The summed E-state index contributed by atoms with van der Waals surface area (Å²) in [5.74, 6) is -0.742. The summed E-state index contributed by atoms with van der Waals surface area (Å²) in [6.45, 7) is 4.01. The molecular weight excluding hydrogens is 425 g/mol. The Bertz CT molecular complexity index is 1270. The third kappa shape index (κ3) is 5.58. The highest BCUT2D eigenvalue weighted by atomic mass is 19.2. The highest BCUT2D eigenvalue weighted by Crippen LogP contribution is 2.24. The van der Waals surface area contributed by atoms with E-state index < -0.39 is 11.6 Å². The smallest absolute Gasteiger partial charge is 0.159 e. The van der Waals surface area contributed by atoms with Crippen LogP contribution < -0.4 is 4.74 Å². The minimum Gasteiger partial charge on any atom is -0.486 e. The Hall–Kier alpha value is -3.67. The minimum absolute atomic E-state index is 0.278. The van der Waals surface area contributed by atoms with Crippen molar-refractivity contribution in [2.45, 2.75) is 25.7 Å². The summed E-state index contributed by atoms with van der Waals surface area (Å²) in [7, 11) is 0. The Labute approximate surface area is 190 Å². The Morgan fingerprint density at radius 3 is 2.27 bits per heavy atom. The first-order valence-electron chi connectivity index (χ1n) is 10.7. The predicted octanol–water partition coefficient (Wildman–Crippen LogP) is 6.18. The highest BCUT2D eigenvalue weighted by molar-refractivity contribution is 5.84. The van der Waals surface area contributed by atoms with Crippen molar-refractivity contribution >= 4 is 10.8 Å². The molecule has 0 saturated carbocycles. The van der Waals surface area contributed by atoms with Crippen LogP contribution in [0.4, 0.5) is 13.2 Å². The molecule has 0 saturated heterocycles. The van der Waals surface area contributed by atoms with Crippen molar-refractivity contribution in [2.75, 3.05) is 6.61 Å². The number of aromatic nitrogens is 2. The molecule has 6 heteroatoms. The summed E-state index contributed by atoms with van der Waals surface area (Å²) in [5.41, 5.74) is 2.24. The minimum atomic E-state index is -0.888. The van der Waals surface area contributed by atoms with Crippen LogP contribution in [0, 0.1) is 17.5 Å². The number of ether oxygens (including phenoxy) is 1. The lowest BCUT2D eigenvalue weighted by atomic mass is 9.98. The Morgan fingerprint density at radius 1 is 0.788 bits per heavy atom. The lowest BCUT2D eigenvalue weighted by Crippen LogP contribution is -2.00. The van der Waals surface area contributed by atoms with Gasteiger partial charge < -0.3 is 4.74 Å². The lowest BCUT2D eigenvalue weighted by Gasteiger charge is -2.09. The molecule has 4 aromatic rings. The van der Waals surface area contributed by atoms with Crippen LogP contribution in [-0.2, 0) is 25.7 Å². The quantitative estimate of drug-likeness (QED) is 0.287. The van der Waals surface area contributed by atoms with Crippen molar-refractivity contribution in [1.82, 2.24) is 9.97 Å². The van der Waals surface area contributed by atoms with Crippen molar-refractivity contribution in [3.05, 3.63) is 114 Å². The van der Waals surface area contributed by atoms with Crippen molar-refractivity contribution in [1.29, 1.82) is 0 Å². The second kappa shape index (κ2) is 10.3. The van der Waals surface area contributed by atoms with E-state index in [9.17, 15) is 8.78 Å². The maximum atomic E-state index is 15.1. The van der Waals surface area contributed by atoms with Gasteiger partial charge in [0.25, 0.3) is 0 Å². The second-order valence-electron chi connectivity index (χ2n) is 7.78. The molecule has 0 N–H and O–H groups in total. The molecule has 0 amide bonds. The molecule has 0 radical (unpaired) electrons. The van der Waals surface area contributed by atoms with E-state index >= 15 is 4.39 Å². The number of hydrogen-bond acceptors (Lipinski definition) is 3. The van der Waals surface area contributed by atoms with E-state index in [1.54, 1.807) is 30.6 Å². The van der Waals surface area contributed by atoms with Crippen LogP contribution in [0.15, 0.2) is 73.6 Å². The Balaban J connectivity index is 1.41. The maximum absolute atomic E-state index is 15.1. The fourth-order valence-corrected chi connectivity index (χ4v) is 3.67. The van der Waals surface area contributed by atoms with Crippen molar-refractivity contribution in [3.63, 3.8) is 0 Å². The van der Waals surface area contributed by atoms with Gasteiger partial charge >= 0.3 is 0 Å². The number of aryl methyl sites for hydroxylation is 4. The first-order chi connectivity index (χ1) is 16.0. The summed E-state index contributed by atoms with van der Waals surface area (Å²) in [6, 6.07) is 13.1. The van der Waals surface area contributed by atoms with Gasteiger partial charge in [-0.2, -0.15) is 0 Å². The average Bonchev–Trinajstić information content (AvgIpc) is 2.83. The van der Waals surface area contributed by atoms with E-state index in [0.29, 0.717) is 54.0 Å². The first kappa shape index (κ1) is 22.5. The van der Waals surface area contributed by atoms with Gasteiger partial charge in [-0.25, -0.2) is 23.1 Å². The van der Waals surface area contributed by atoms with Crippen molar-refractivity contribution in [2.24, 2.45) is 0 Å². The molecule has 0 spiro atoms. The zero-order valence-corrected chi connectivity index (χ0v) is 18.0. The molecule has 3 nitrogen and oxygen atoms in total. The molecule has 0 atom stereocenters. The van der Waals surface area contributed by atoms with E-state index in [2.05, 4.69) is 16.5 Å². The average molecular weight is 448 g/mol. The predicted molar refractivity (Wildman–Crippen MR) is 123 cm³/mol. The van der Waals surface area contributed by atoms with Gasteiger partial charge in [-0.15, -0.1) is 0 Å². The molecule has 0 aliphatic rings. The van der Waals surface area contributed by atoms with Gasteiger partial charge in [-0.05, 0) is 53.5 Å². The summed E-state index contributed by atoms with van der Waals surface area (Å²) < 4.78 is 46.9. The third-order valence-corrected chi connectivity index (χ3v) is 5.45. The van der Waals surface area contributed by atoms with Gasteiger partial charge in [0.15, 0.2) is 17.4 Å². The van der Waals surface area contributed by atoms with E-state index in [1.807, 2.05) is 18.2 Å². The molecule has 0 bridgehead atoms. The third-order valence-electron chi connectivity index (χ3n) is 5.45. The largest absolute Gasteiger partial charge is 0.486 e. The van der Waals surface area contributed by atoms with E-state index in [0.717, 1.165) is 29.5 Å². The zero-order valence-electron chi connectivity index (χ0n) is 18.0. The van der Waals surface area contributed by atoms with Crippen LogP contribution in [0.1, 0.15) is 22.5 Å². The van der Waals surface area contributed by atoms with Crippen LogP contribution in [0.25, 0.3) is 10.8 Å². The molecule has 1 heterocycles. The Kier molecular flexibility index (Phi) is 7.03. The summed E-state index contributed by atoms with van der Waals surface area (Å²) >= 11 is 0. The molecule has 4 rings (SSSR count). The number of nitrogens with zero attached hydrogens (tertiary/aromatic N) is 2. The zero-order chi connectivity index (χ0) is 23.2. The molecule has 0 aliphatic carbocycles. The fourth-order valence-electron chi connectivity index (χ4n) is 3.67. The molecule has 168 valence electrons. The fraction of sp³-hybridized carbons (Fsp3) is 0.185. The first-order valence-corrected chi connectivity index (χ1v) is 10.7. The van der Waals surface area contributed by atoms with Gasteiger partial charge in [-0.3, -0.25) is 0 Å². The number of hydrogen-bond donors (Lipinski definition) is 0. The highest BCUT2D eigenvalue weighted by Gasteiger charge is 2.10. The maximum Gasteiger partial charge on any atom is 0.159 e. The monoisotopic (exact) mass is 448 g/mol. The van der Waals surface area contributed by atoms with Gasteiger partial charge in [-0.1, -0.05) is 49.1 Å². The van der Waals surface area contributed by atoms with Crippen LogP contribution in [0.5, 0.6) is 5.75 Å². The van der Waals surface area contributed by atoms with Gasteiger partial charge in [0.1, 0.15) is 18.2 Å². The van der Waals surface area contributed by atoms with Crippen LogP contribution in [0.3, 0.4) is 0 Å². The molecule has 0 unspecified atom stereocenters. The number of rotatable bonds is 9. The normalized spacial score (nSPS) is 11.0. The van der Waals surface area contributed by atoms with E-state index in [4.69, 9.17) is 4.74 Å². The number of benzene rings is 3. The lowest BCUT2D eigenvalue weighted by molar-refractivity contribution is 0.359. The van der Waals surface area contributed by atoms with E-state index in [-0.39, 0.29) is 5.82 Å². The van der Waals surface area contributed by atoms with Gasteiger partial charge in [0, 0.05) is 11.8 Å². The molecule has 3 aromatic carbocycles. The van der Waals surface area contributed by atoms with Crippen LogP contribution in [-0.4, -0.2) is 16.6 Å². The molecule has 33 heavy (non-hydrogen) atoms. The topological polar surface area (TPSA) is 35.0 Å². The summed E-state index contributed by atoms with van der Waals surface area (Å²) in [6.07, 6.45) is 7.15. The molecular formula is C27H23F3N2O. The van der Waals surface area contributed by atoms with E-state index in [1.165, 1.54) is 6.07 Å². The number of fused-ring (bicyclic) bond motifs is 1. The summed E-state index contributed by atoms with van der Waals surface area (Å²) in [5, 5.41) is 1.36. The molecule has 0 aliphatic heterocycles. The second-order valence-corrected chi connectivity index (χ2v) is 7.78. The molecule has 1 aromatic heterocycles. The van der Waals surface area contributed by atoms with Crippen LogP contribution in [0.2, 0.25) is 0 Å². The number of halogens is 3. The molecule has 0 fully saturated rings.